The number of likely N-dealkylation sites (N-methyl/N-ethyl adjacent to an activating group) is 2. The van der Waals surface area contributed by atoms with Gasteiger partial charge in [-0.2, -0.15) is 0 Å². The molecule has 1 atom stereocenters. The van der Waals surface area contributed by atoms with E-state index >= 15 is 0 Å². The van der Waals surface area contributed by atoms with E-state index in [0.717, 1.165) is 19.5 Å². The second-order valence-electron chi connectivity index (χ2n) is 4.78. The molecule has 0 spiro atoms. The molecule has 1 amide bonds. The minimum absolute atomic E-state index is 0.129. The standard InChI is InChI=1S/C13H16BrFN2O/c1-16-4-3-12(8-16)17(2)13(18)9-5-10(14)7-11(15)6-9/h5-7,12H,3-4,8H2,1-2H3. The van der Waals surface area contributed by atoms with Gasteiger partial charge in [-0.25, -0.2) is 4.39 Å². The number of carbonyl (C=O) groups excluding carboxylic acids is 1. The van der Waals surface area contributed by atoms with Crippen molar-refractivity contribution in [3.05, 3.63) is 34.1 Å². The molecule has 1 aromatic rings. The molecular formula is C13H16BrFN2O. The van der Waals surface area contributed by atoms with E-state index in [4.69, 9.17) is 0 Å². The van der Waals surface area contributed by atoms with E-state index in [1.807, 2.05) is 7.05 Å². The predicted octanol–water partition coefficient (Wildman–Crippen LogP) is 2.36. The van der Waals surface area contributed by atoms with Gasteiger partial charge in [0.15, 0.2) is 0 Å². The maximum atomic E-state index is 13.3. The molecule has 2 rings (SSSR count). The highest BCUT2D eigenvalue weighted by Gasteiger charge is 2.27. The predicted molar refractivity (Wildman–Crippen MR) is 72.1 cm³/mol. The van der Waals surface area contributed by atoms with Crippen molar-refractivity contribution in [2.75, 3.05) is 27.2 Å². The quantitative estimate of drug-likeness (QED) is 0.836. The zero-order chi connectivity index (χ0) is 13.3. The first-order valence-electron chi connectivity index (χ1n) is 5.89. The van der Waals surface area contributed by atoms with Gasteiger partial charge in [-0.05, 0) is 38.2 Å². The summed E-state index contributed by atoms with van der Waals surface area (Å²) >= 11 is 3.20. The molecule has 1 unspecified atom stereocenters. The molecular weight excluding hydrogens is 299 g/mol. The maximum absolute atomic E-state index is 13.3. The van der Waals surface area contributed by atoms with Crippen LogP contribution >= 0.6 is 15.9 Å². The van der Waals surface area contributed by atoms with Crippen LogP contribution in [0.2, 0.25) is 0 Å². The summed E-state index contributed by atoms with van der Waals surface area (Å²) in [6.45, 7) is 1.87. The highest BCUT2D eigenvalue weighted by Crippen LogP contribution is 2.19. The highest BCUT2D eigenvalue weighted by molar-refractivity contribution is 9.10. The second-order valence-corrected chi connectivity index (χ2v) is 5.69. The highest BCUT2D eigenvalue weighted by atomic mass is 79.9. The summed E-state index contributed by atoms with van der Waals surface area (Å²) < 4.78 is 13.9. The third kappa shape index (κ3) is 2.90. The Kier molecular flexibility index (Phi) is 4.02. The fourth-order valence-electron chi connectivity index (χ4n) is 2.27. The van der Waals surface area contributed by atoms with Crippen LogP contribution in [0.4, 0.5) is 4.39 Å². The lowest BCUT2D eigenvalue weighted by Crippen LogP contribution is -2.38. The lowest BCUT2D eigenvalue weighted by Gasteiger charge is -2.24. The molecule has 3 nitrogen and oxygen atoms in total. The van der Waals surface area contributed by atoms with Crippen LogP contribution in [0.1, 0.15) is 16.8 Å². The fourth-order valence-corrected chi connectivity index (χ4v) is 2.74. The molecule has 0 saturated carbocycles. The Morgan fingerprint density at radius 1 is 1.50 bits per heavy atom. The zero-order valence-electron chi connectivity index (χ0n) is 10.5. The van der Waals surface area contributed by atoms with Crippen molar-refractivity contribution in [3.8, 4) is 0 Å². The Bertz CT molecular complexity index is 446. The van der Waals surface area contributed by atoms with Gasteiger partial charge in [0.2, 0.25) is 0 Å². The van der Waals surface area contributed by atoms with E-state index in [9.17, 15) is 9.18 Å². The molecule has 0 aliphatic carbocycles. The van der Waals surface area contributed by atoms with E-state index in [0.29, 0.717) is 10.0 Å². The third-order valence-electron chi connectivity index (χ3n) is 3.34. The van der Waals surface area contributed by atoms with E-state index in [2.05, 4.69) is 20.8 Å². The van der Waals surface area contributed by atoms with Crippen molar-refractivity contribution >= 4 is 21.8 Å². The van der Waals surface area contributed by atoms with Crippen LogP contribution < -0.4 is 0 Å². The number of halogens is 2. The molecule has 1 aliphatic rings. The van der Waals surface area contributed by atoms with Crippen LogP contribution in [-0.2, 0) is 0 Å². The lowest BCUT2D eigenvalue weighted by atomic mass is 10.1. The van der Waals surface area contributed by atoms with Crippen molar-refractivity contribution in [2.45, 2.75) is 12.5 Å². The SMILES string of the molecule is CN1CCC(N(C)C(=O)c2cc(F)cc(Br)c2)C1. The van der Waals surface area contributed by atoms with E-state index in [1.54, 1.807) is 18.0 Å². The Labute approximate surface area is 115 Å². The smallest absolute Gasteiger partial charge is 0.254 e. The van der Waals surface area contributed by atoms with Gasteiger partial charge in [0, 0.05) is 29.7 Å². The van der Waals surface area contributed by atoms with E-state index in [1.165, 1.54) is 12.1 Å². The molecule has 0 aromatic heterocycles. The van der Waals surface area contributed by atoms with Crippen molar-refractivity contribution < 1.29 is 9.18 Å². The monoisotopic (exact) mass is 314 g/mol. The second kappa shape index (κ2) is 5.36. The van der Waals surface area contributed by atoms with Gasteiger partial charge in [-0.15, -0.1) is 0 Å². The fraction of sp³-hybridized carbons (Fsp3) is 0.462. The number of likely N-dealkylation sites (tertiary alicyclic amines) is 1. The first-order valence-corrected chi connectivity index (χ1v) is 6.68. The number of benzene rings is 1. The average Bonchev–Trinajstić information content (AvgIpc) is 2.72. The van der Waals surface area contributed by atoms with Gasteiger partial charge < -0.3 is 9.80 Å². The minimum atomic E-state index is -0.398. The summed E-state index contributed by atoms with van der Waals surface area (Å²) in [7, 11) is 3.82. The summed E-state index contributed by atoms with van der Waals surface area (Å²) in [5, 5.41) is 0. The first-order chi connectivity index (χ1) is 8.47. The molecule has 0 radical (unpaired) electrons. The van der Waals surface area contributed by atoms with Gasteiger partial charge in [0.1, 0.15) is 5.82 Å². The molecule has 1 heterocycles. The number of hydrogen-bond acceptors (Lipinski definition) is 2. The summed E-state index contributed by atoms with van der Waals surface area (Å²) in [5.74, 6) is -0.528. The van der Waals surface area contributed by atoms with Crippen LogP contribution in [0.3, 0.4) is 0 Å². The Morgan fingerprint density at radius 3 is 2.78 bits per heavy atom. The van der Waals surface area contributed by atoms with E-state index in [-0.39, 0.29) is 11.9 Å². The topological polar surface area (TPSA) is 23.6 Å². The van der Waals surface area contributed by atoms with Crippen LogP contribution in [-0.4, -0.2) is 48.9 Å². The Morgan fingerprint density at radius 2 is 2.22 bits per heavy atom. The summed E-state index contributed by atoms with van der Waals surface area (Å²) in [5.41, 5.74) is 0.388. The van der Waals surface area contributed by atoms with Gasteiger partial charge in [-0.1, -0.05) is 15.9 Å². The molecule has 5 heteroatoms. The summed E-state index contributed by atoms with van der Waals surface area (Å²) in [4.78, 5) is 16.2. The first kappa shape index (κ1) is 13.5. The molecule has 1 aromatic carbocycles. The molecule has 1 aliphatic heterocycles. The van der Waals surface area contributed by atoms with Gasteiger partial charge in [-0.3, -0.25) is 4.79 Å². The van der Waals surface area contributed by atoms with Gasteiger partial charge in [0.05, 0.1) is 0 Å². The van der Waals surface area contributed by atoms with Gasteiger partial charge >= 0.3 is 0 Å². The molecule has 1 saturated heterocycles. The number of carbonyl (C=O) groups is 1. The third-order valence-corrected chi connectivity index (χ3v) is 3.80. The summed E-state index contributed by atoms with van der Waals surface area (Å²) in [6.07, 6.45) is 0.967. The van der Waals surface area contributed by atoms with Crippen molar-refractivity contribution in [1.29, 1.82) is 0 Å². The largest absolute Gasteiger partial charge is 0.337 e. The number of hydrogen-bond donors (Lipinski definition) is 0. The van der Waals surface area contributed by atoms with Crippen molar-refractivity contribution in [3.63, 3.8) is 0 Å². The van der Waals surface area contributed by atoms with Crippen LogP contribution in [0, 0.1) is 5.82 Å². The number of rotatable bonds is 2. The van der Waals surface area contributed by atoms with Crippen molar-refractivity contribution in [2.24, 2.45) is 0 Å². The van der Waals surface area contributed by atoms with Crippen LogP contribution in [0.5, 0.6) is 0 Å². The lowest BCUT2D eigenvalue weighted by molar-refractivity contribution is 0.0737. The molecule has 0 bridgehead atoms. The van der Waals surface area contributed by atoms with Crippen LogP contribution in [0.25, 0.3) is 0 Å². The Hall–Kier alpha value is -0.940. The molecule has 18 heavy (non-hydrogen) atoms. The molecule has 1 fully saturated rings. The maximum Gasteiger partial charge on any atom is 0.254 e. The number of amides is 1. The minimum Gasteiger partial charge on any atom is -0.337 e. The normalized spacial score (nSPS) is 20.1. The summed E-state index contributed by atoms with van der Waals surface area (Å²) in [6, 6.07) is 4.49. The van der Waals surface area contributed by atoms with Gasteiger partial charge in [0.25, 0.3) is 5.91 Å². The molecule has 98 valence electrons. The number of nitrogens with zero attached hydrogens (tertiary/aromatic N) is 2. The van der Waals surface area contributed by atoms with E-state index < -0.39 is 5.82 Å². The average molecular weight is 315 g/mol. The Balaban J connectivity index is 2.15. The van der Waals surface area contributed by atoms with Crippen LogP contribution in [0.15, 0.2) is 22.7 Å². The molecule has 0 N–H and O–H groups in total. The zero-order valence-corrected chi connectivity index (χ0v) is 12.1. The van der Waals surface area contributed by atoms with Crippen molar-refractivity contribution in [1.82, 2.24) is 9.80 Å².